The molecule has 2 fully saturated rings. The maximum Gasteiger partial charge on any atom is 0.314 e. The molecule has 29 heavy (non-hydrogen) atoms. The monoisotopic (exact) mass is 392 g/mol. The number of rotatable bonds is 5. The Bertz CT molecular complexity index is 901. The van der Waals surface area contributed by atoms with Gasteiger partial charge in [0.25, 0.3) is 0 Å². The summed E-state index contributed by atoms with van der Waals surface area (Å²) in [5, 5.41) is 0. The van der Waals surface area contributed by atoms with E-state index >= 15 is 0 Å². The first-order valence-electron chi connectivity index (χ1n) is 10.1. The molecular weight excluding hydrogens is 364 g/mol. The zero-order valence-corrected chi connectivity index (χ0v) is 17.3. The van der Waals surface area contributed by atoms with Crippen LogP contribution in [-0.4, -0.2) is 53.5 Å². The van der Waals surface area contributed by atoms with Gasteiger partial charge < -0.3 is 4.74 Å². The van der Waals surface area contributed by atoms with Crippen molar-refractivity contribution in [1.29, 1.82) is 0 Å². The van der Waals surface area contributed by atoms with Crippen LogP contribution in [0.1, 0.15) is 36.2 Å². The second-order valence-electron chi connectivity index (χ2n) is 8.58. The molecule has 0 aliphatic carbocycles. The minimum Gasteiger partial charge on any atom is -0.469 e. The lowest BCUT2D eigenvalue weighted by Crippen LogP contribution is -2.51. The van der Waals surface area contributed by atoms with E-state index in [0.29, 0.717) is 12.0 Å². The molecule has 152 valence electrons. The highest BCUT2D eigenvalue weighted by Gasteiger charge is 2.65. The largest absolute Gasteiger partial charge is 0.469 e. The van der Waals surface area contributed by atoms with Crippen molar-refractivity contribution in [3.8, 4) is 0 Å². The van der Waals surface area contributed by atoms with Gasteiger partial charge in [0.15, 0.2) is 5.78 Å². The Morgan fingerprint density at radius 1 is 1.00 bits per heavy atom. The molecule has 2 heterocycles. The number of esters is 1. The normalized spacial score (nSPS) is 29.6. The topological polar surface area (TPSA) is 49.9 Å². The maximum absolute atomic E-state index is 13.6. The molecule has 3 atom stereocenters. The Morgan fingerprint density at radius 2 is 1.62 bits per heavy atom. The van der Waals surface area contributed by atoms with E-state index in [-0.39, 0.29) is 17.9 Å². The number of ether oxygens (including phenoxy) is 1. The van der Waals surface area contributed by atoms with Gasteiger partial charge in [-0.15, -0.1) is 0 Å². The molecule has 2 aromatic carbocycles. The van der Waals surface area contributed by atoms with Crippen molar-refractivity contribution in [2.75, 3.05) is 20.2 Å². The maximum atomic E-state index is 13.6. The Balaban J connectivity index is 1.71. The smallest absolute Gasteiger partial charge is 0.314 e. The fourth-order valence-corrected chi connectivity index (χ4v) is 5.35. The van der Waals surface area contributed by atoms with E-state index in [1.54, 1.807) is 0 Å². The van der Waals surface area contributed by atoms with E-state index in [2.05, 4.69) is 21.9 Å². The predicted molar refractivity (Wildman–Crippen MR) is 111 cm³/mol. The van der Waals surface area contributed by atoms with Gasteiger partial charge in [0, 0.05) is 25.2 Å². The second kappa shape index (κ2) is 7.39. The molecule has 3 unspecified atom stereocenters. The third-order valence-corrected chi connectivity index (χ3v) is 6.59. The number of carbonyl (C=O) groups is 2. The highest BCUT2D eigenvalue weighted by molar-refractivity contribution is 6.04. The minimum absolute atomic E-state index is 0.0669. The van der Waals surface area contributed by atoms with Gasteiger partial charge in [0.05, 0.1) is 24.2 Å². The van der Waals surface area contributed by atoms with E-state index < -0.39 is 11.0 Å². The van der Waals surface area contributed by atoms with E-state index in [4.69, 9.17) is 4.74 Å². The third kappa shape index (κ3) is 3.18. The Labute approximate surface area is 172 Å². The standard InChI is InChI=1S/C24H28N2O3/c1-23(22(28)29-3)17-24(2,20(27)19-12-8-5-9-13-19)26-15-14-25(21(23)26)16-18-10-6-4-7-11-18/h4-13,21H,14-17H2,1-3H3. The summed E-state index contributed by atoms with van der Waals surface area (Å²) in [6.07, 6.45) is 0.268. The second-order valence-corrected chi connectivity index (χ2v) is 8.58. The van der Waals surface area contributed by atoms with Gasteiger partial charge in [-0.1, -0.05) is 60.7 Å². The zero-order chi connectivity index (χ0) is 20.6. The molecule has 2 aromatic rings. The van der Waals surface area contributed by atoms with E-state index in [9.17, 15) is 9.59 Å². The van der Waals surface area contributed by atoms with E-state index in [1.807, 2.05) is 62.4 Å². The molecule has 0 bridgehead atoms. The molecule has 0 amide bonds. The summed E-state index contributed by atoms with van der Waals surface area (Å²) >= 11 is 0. The van der Waals surface area contributed by atoms with Crippen molar-refractivity contribution in [2.45, 2.75) is 38.5 Å². The summed E-state index contributed by atoms with van der Waals surface area (Å²) in [5.74, 6) is -0.186. The predicted octanol–water partition coefficient (Wildman–Crippen LogP) is 3.35. The summed E-state index contributed by atoms with van der Waals surface area (Å²) in [5.41, 5.74) is 0.355. The lowest BCUT2D eigenvalue weighted by atomic mass is 9.78. The first-order valence-corrected chi connectivity index (χ1v) is 10.1. The molecule has 0 radical (unpaired) electrons. The average Bonchev–Trinajstić information content (AvgIpc) is 3.28. The first kappa shape index (κ1) is 19.8. The van der Waals surface area contributed by atoms with Crippen molar-refractivity contribution in [1.82, 2.24) is 9.80 Å². The zero-order valence-electron chi connectivity index (χ0n) is 17.3. The highest BCUT2D eigenvalue weighted by Crippen LogP contribution is 2.52. The Kier molecular flexibility index (Phi) is 5.05. The lowest BCUT2D eigenvalue weighted by Gasteiger charge is -2.36. The quantitative estimate of drug-likeness (QED) is 0.577. The van der Waals surface area contributed by atoms with Gasteiger partial charge in [0.1, 0.15) is 0 Å². The van der Waals surface area contributed by atoms with Gasteiger partial charge in [-0.25, -0.2) is 0 Å². The van der Waals surface area contributed by atoms with Crippen LogP contribution >= 0.6 is 0 Å². The molecule has 0 spiro atoms. The summed E-state index contributed by atoms with van der Waals surface area (Å²) in [6, 6.07) is 19.6. The van der Waals surface area contributed by atoms with Crippen molar-refractivity contribution >= 4 is 11.8 Å². The van der Waals surface area contributed by atoms with Crippen LogP contribution in [0, 0.1) is 5.41 Å². The molecule has 0 aromatic heterocycles. The van der Waals surface area contributed by atoms with Crippen LogP contribution in [0.3, 0.4) is 0 Å². The van der Waals surface area contributed by atoms with Gasteiger partial charge in [-0.2, -0.15) is 0 Å². The fraction of sp³-hybridized carbons (Fsp3) is 0.417. The molecular formula is C24H28N2O3. The van der Waals surface area contributed by atoms with Crippen molar-refractivity contribution in [2.24, 2.45) is 5.41 Å². The van der Waals surface area contributed by atoms with E-state index in [1.165, 1.54) is 12.7 Å². The van der Waals surface area contributed by atoms with Gasteiger partial charge in [-0.05, 0) is 25.8 Å². The molecule has 2 aliphatic rings. The molecule has 4 rings (SSSR count). The van der Waals surface area contributed by atoms with Crippen LogP contribution in [0.2, 0.25) is 0 Å². The fourth-order valence-electron chi connectivity index (χ4n) is 5.35. The molecule has 5 nitrogen and oxygen atoms in total. The molecule has 2 aliphatic heterocycles. The van der Waals surface area contributed by atoms with Gasteiger partial charge in [0.2, 0.25) is 0 Å². The number of benzene rings is 2. The number of Topliss-reactive ketones (excluding diaryl/α,β-unsaturated/α-hetero) is 1. The minimum atomic E-state index is -0.779. The summed E-state index contributed by atoms with van der Waals surface area (Å²) < 4.78 is 5.22. The van der Waals surface area contributed by atoms with Crippen LogP contribution in [-0.2, 0) is 16.1 Å². The summed E-state index contributed by atoms with van der Waals surface area (Å²) in [6.45, 7) is 6.23. The number of ketones is 1. The molecule has 5 heteroatoms. The number of carbonyl (C=O) groups excluding carboxylic acids is 2. The van der Waals surface area contributed by atoms with Crippen LogP contribution < -0.4 is 0 Å². The average molecular weight is 392 g/mol. The summed E-state index contributed by atoms with van der Waals surface area (Å²) in [7, 11) is 1.43. The lowest BCUT2D eigenvalue weighted by molar-refractivity contribution is -0.155. The van der Waals surface area contributed by atoms with E-state index in [0.717, 1.165) is 19.6 Å². The number of fused-ring (bicyclic) bond motifs is 1. The highest BCUT2D eigenvalue weighted by atomic mass is 16.5. The molecule has 2 saturated heterocycles. The Morgan fingerprint density at radius 3 is 2.24 bits per heavy atom. The number of hydrogen-bond acceptors (Lipinski definition) is 5. The molecule has 0 saturated carbocycles. The first-order chi connectivity index (χ1) is 13.9. The Hall–Kier alpha value is -2.50. The van der Waals surface area contributed by atoms with Crippen LogP contribution in [0.15, 0.2) is 60.7 Å². The van der Waals surface area contributed by atoms with Crippen molar-refractivity contribution in [3.63, 3.8) is 0 Å². The number of methoxy groups -OCH3 is 1. The van der Waals surface area contributed by atoms with Gasteiger partial charge >= 0.3 is 5.97 Å². The third-order valence-electron chi connectivity index (χ3n) is 6.59. The van der Waals surface area contributed by atoms with Crippen molar-refractivity contribution < 1.29 is 14.3 Å². The number of hydrogen-bond donors (Lipinski definition) is 0. The van der Waals surface area contributed by atoms with Crippen LogP contribution in [0.5, 0.6) is 0 Å². The van der Waals surface area contributed by atoms with Gasteiger partial charge in [-0.3, -0.25) is 19.4 Å². The number of nitrogens with zero attached hydrogens (tertiary/aromatic N) is 2. The van der Waals surface area contributed by atoms with Crippen molar-refractivity contribution in [3.05, 3.63) is 71.8 Å². The van der Waals surface area contributed by atoms with Crippen LogP contribution in [0.25, 0.3) is 0 Å². The van der Waals surface area contributed by atoms with Crippen LogP contribution in [0.4, 0.5) is 0 Å². The summed E-state index contributed by atoms with van der Waals surface area (Å²) in [4.78, 5) is 31.0. The molecule has 0 N–H and O–H groups in total. The SMILES string of the molecule is COC(=O)C1(C)CC(C)(C(=O)c2ccccc2)N2CCN(Cc3ccccc3)C21.